The third-order valence-electron chi connectivity index (χ3n) is 6.09. The number of nitroso groups, excluding NO2 is 1. The molecule has 0 radical (unpaired) electrons. The summed E-state index contributed by atoms with van der Waals surface area (Å²) in [6.45, 7) is 0. The fourth-order valence-corrected chi connectivity index (χ4v) is 4.31. The largest absolute Gasteiger partial charge is 0.309 e. The molecule has 6 nitrogen and oxygen atoms in total. The summed E-state index contributed by atoms with van der Waals surface area (Å²) in [5.74, 6) is 1.15. The Balaban J connectivity index is 1.53. The molecule has 1 amide bonds. The van der Waals surface area contributed by atoms with E-state index in [-0.39, 0.29) is 5.91 Å². The Morgan fingerprint density at radius 2 is 1.75 bits per heavy atom. The van der Waals surface area contributed by atoms with Crippen LogP contribution in [0, 0.1) is 10.8 Å². The maximum Gasteiger partial charge on any atom is 0.229 e. The van der Waals surface area contributed by atoms with E-state index in [1.807, 2.05) is 42.5 Å². The standard InChI is InChI=1S/C26H28N4O2/c31-25(17-20-9-5-2-6-10-20)29-26-23(16-11-19-7-3-1-4-8-19)28-24(18-27-26)21-12-14-22(30-32)15-13-21/h2,5-6,9-10,12-15,18-19H,1,3-4,7-8,11,16-17H2,(H,27,29,31). The van der Waals surface area contributed by atoms with Gasteiger partial charge in [0.2, 0.25) is 5.91 Å². The van der Waals surface area contributed by atoms with Crippen LogP contribution >= 0.6 is 0 Å². The summed E-state index contributed by atoms with van der Waals surface area (Å²) in [7, 11) is 0. The minimum absolute atomic E-state index is 0.0985. The number of nitrogens with one attached hydrogen (secondary N) is 1. The smallest absolute Gasteiger partial charge is 0.229 e. The Morgan fingerprint density at radius 3 is 2.47 bits per heavy atom. The Hall–Kier alpha value is -3.41. The van der Waals surface area contributed by atoms with E-state index in [0.717, 1.165) is 35.4 Å². The number of hydrogen-bond acceptors (Lipinski definition) is 5. The summed E-state index contributed by atoms with van der Waals surface area (Å²) in [6, 6.07) is 16.6. The van der Waals surface area contributed by atoms with Crippen molar-refractivity contribution in [2.24, 2.45) is 11.1 Å². The lowest BCUT2D eigenvalue weighted by atomic mass is 9.86. The van der Waals surface area contributed by atoms with Crippen molar-refractivity contribution in [3.8, 4) is 11.3 Å². The first-order chi connectivity index (χ1) is 15.7. The van der Waals surface area contributed by atoms with Gasteiger partial charge in [-0.3, -0.25) is 4.79 Å². The molecule has 0 unspecified atom stereocenters. The lowest BCUT2D eigenvalue weighted by Gasteiger charge is -2.21. The third kappa shape index (κ3) is 5.84. The van der Waals surface area contributed by atoms with E-state index in [2.05, 4.69) is 15.5 Å². The molecule has 0 atom stereocenters. The molecular weight excluding hydrogens is 400 g/mol. The lowest BCUT2D eigenvalue weighted by Crippen LogP contribution is -2.18. The number of carbonyl (C=O) groups excluding carboxylic acids is 1. The summed E-state index contributed by atoms with van der Waals surface area (Å²) in [5.41, 5.74) is 3.74. The first-order valence-electron chi connectivity index (χ1n) is 11.3. The molecule has 164 valence electrons. The molecule has 1 N–H and O–H groups in total. The second-order valence-corrected chi connectivity index (χ2v) is 8.44. The number of nitrogens with zero attached hydrogens (tertiary/aromatic N) is 3. The van der Waals surface area contributed by atoms with Crippen molar-refractivity contribution >= 4 is 17.4 Å². The molecule has 1 aliphatic rings. The average molecular weight is 429 g/mol. The topological polar surface area (TPSA) is 84.3 Å². The summed E-state index contributed by atoms with van der Waals surface area (Å²) in [6.07, 6.45) is 10.3. The molecular formula is C26H28N4O2. The molecule has 3 aromatic rings. The predicted octanol–water partition coefficient (Wildman–Crippen LogP) is 6.24. The third-order valence-corrected chi connectivity index (χ3v) is 6.09. The molecule has 1 saturated carbocycles. The molecule has 0 bridgehead atoms. The fourth-order valence-electron chi connectivity index (χ4n) is 4.31. The molecule has 0 saturated heterocycles. The zero-order valence-corrected chi connectivity index (χ0v) is 18.2. The van der Waals surface area contributed by atoms with Gasteiger partial charge in [-0.25, -0.2) is 9.97 Å². The molecule has 4 rings (SSSR count). The molecule has 1 aliphatic carbocycles. The highest BCUT2D eigenvalue weighted by Crippen LogP contribution is 2.29. The Kier molecular flexibility index (Phi) is 7.33. The van der Waals surface area contributed by atoms with Crippen LogP contribution in [0.25, 0.3) is 11.3 Å². The second-order valence-electron chi connectivity index (χ2n) is 8.44. The SMILES string of the molecule is O=Nc1ccc(-c2cnc(NC(=O)Cc3ccccc3)c(CCC3CCCCC3)n2)cc1. The van der Waals surface area contributed by atoms with Crippen LogP contribution in [0.15, 0.2) is 66.0 Å². The number of aryl methyl sites for hydroxylation is 1. The Bertz CT molecular complexity index is 1050. The van der Waals surface area contributed by atoms with Crippen molar-refractivity contribution in [2.75, 3.05) is 5.32 Å². The van der Waals surface area contributed by atoms with Crippen molar-refractivity contribution in [3.63, 3.8) is 0 Å². The Labute approximate surface area is 188 Å². The van der Waals surface area contributed by atoms with Crippen LogP contribution < -0.4 is 5.32 Å². The van der Waals surface area contributed by atoms with Crippen LogP contribution in [0.4, 0.5) is 11.5 Å². The number of aromatic nitrogens is 2. The van der Waals surface area contributed by atoms with Gasteiger partial charge in [-0.1, -0.05) is 74.6 Å². The van der Waals surface area contributed by atoms with E-state index in [1.165, 1.54) is 32.1 Å². The van der Waals surface area contributed by atoms with Gasteiger partial charge in [0.15, 0.2) is 5.82 Å². The monoisotopic (exact) mass is 428 g/mol. The number of rotatable bonds is 8. The molecule has 0 spiro atoms. The zero-order valence-electron chi connectivity index (χ0n) is 18.2. The van der Waals surface area contributed by atoms with Gasteiger partial charge in [0.05, 0.1) is 24.0 Å². The van der Waals surface area contributed by atoms with Crippen LogP contribution in [0.2, 0.25) is 0 Å². The number of hydrogen-bond donors (Lipinski definition) is 1. The minimum atomic E-state index is -0.0985. The van der Waals surface area contributed by atoms with Crippen molar-refractivity contribution in [2.45, 2.75) is 51.4 Å². The van der Waals surface area contributed by atoms with E-state index in [0.29, 0.717) is 23.8 Å². The van der Waals surface area contributed by atoms with Crippen molar-refractivity contribution in [1.29, 1.82) is 0 Å². The van der Waals surface area contributed by atoms with E-state index < -0.39 is 0 Å². The van der Waals surface area contributed by atoms with Gasteiger partial charge in [0.25, 0.3) is 0 Å². The van der Waals surface area contributed by atoms with E-state index >= 15 is 0 Å². The number of anilines is 1. The molecule has 2 aromatic carbocycles. The molecule has 6 heteroatoms. The molecule has 32 heavy (non-hydrogen) atoms. The highest BCUT2D eigenvalue weighted by atomic mass is 16.3. The van der Waals surface area contributed by atoms with Gasteiger partial charge in [0, 0.05) is 5.56 Å². The Morgan fingerprint density at radius 1 is 1.00 bits per heavy atom. The van der Waals surface area contributed by atoms with E-state index in [4.69, 9.17) is 4.98 Å². The lowest BCUT2D eigenvalue weighted by molar-refractivity contribution is -0.115. The van der Waals surface area contributed by atoms with Crippen LogP contribution in [-0.4, -0.2) is 15.9 Å². The van der Waals surface area contributed by atoms with E-state index in [1.54, 1.807) is 18.3 Å². The summed E-state index contributed by atoms with van der Waals surface area (Å²) >= 11 is 0. The second kappa shape index (κ2) is 10.8. The normalized spacial score (nSPS) is 14.1. The van der Waals surface area contributed by atoms with Gasteiger partial charge in [-0.05, 0) is 41.6 Å². The number of amides is 1. The van der Waals surface area contributed by atoms with Crippen LogP contribution in [0.3, 0.4) is 0 Å². The van der Waals surface area contributed by atoms with Crippen LogP contribution in [0.1, 0.15) is 49.8 Å². The van der Waals surface area contributed by atoms with Gasteiger partial charge in [-0.15, -0.1) is 4.91 Å². The maximum absolute atomic E-state index is 12.6. The minimum Gasteiger partial charge on any atom is -0.309 e. The van der Waals surface area contributed by atoms with Gasteiger partial charge in [-0.2, -0.15) is 0 Å². The summed E-state index contributed by atoms with van der Waals surface area (Å²) in [4.78, 5) is 32.8. The zero-order chi connectivity index (χ0) is 22.2. The first-order valence-corrected chi connectivity index (χ1v) is 11.3. The summed E-state index contributed by atoms with van der Waals surface area (Å²) in [5, 5.41) is 5.93. The maximum atomic E-state index is 12.6. The highest BCUT2D eigenvalue weighted by Gasteiger charge is 2.17. The molecule has 0 aliphatic heterocycles. The first kappa shape index (κ1) is 21.8. The van der Waals surface area contributed by atoms with Crippen molar-refractivity contribution in [1.82, 2.24) is 9.97 Å². The van der Waals surface area contributed by atoms with Gasteiger partial charge in [0.1, 0.15) is 5.69 Å². The van der Waals surface area contributed by atoms with Crippen LogP contribution in [0.5, 0.6) is 0 Å². The quantitative estimate of drug-likeness (QED) is 0.431. The van der Waals surface area contributed by atoms with Crippen molar-refractivity contribution in [3.05, 3.63) is 77.0 Å². The van der Waals surface area contributed by atoms with Gasteiger partial charge < -0.3 is 5.32 Å². The number of benzene rings is 2. The average Bonchev–Trinajstić information content (AvgIpc) is 2.84. The fraction of sp³-hybridized carbons (Fsp3) is 0.346. The molecule has 1 aromatic heterocycles. The van der Waals surface area contributed by atoms with Crippen molar-refractivity contribution < 1.29 is 4.79 Å². The van der Waals surface area contributed by atoms with Crippen LogP contribution in [-0.2, 0) is 17.6 Å². The molecule has 1 heterocycles. The van der Waals surface area contributed by atoms with Gasteiger partial charge >= 0.3 is 0 Å². The predicted molar refractivity (Wildman–Crippen MR) is 127 cm³/mol. The molecule has 1 fully saturated rings. The highest BCUT2D eigenvalue weighted by molar-refractivity contribution is 5.92. The van der Waals surface area contributed by atoms with E-state index in [9.17, 15) is 9.70 Å². The number of carbonyl (C=O) groups is 1. The summed E-state index contributed by atoms with van der Waals surface area (Å²) < 4.78 is 0.